The summed E-state index contributed by atoms with van der Waals surface area (Å²) < 4.78 is 25.6. The Kier molecular flexibility index (Phi) is 3.03. The van der Waals surface area contributed by atoms with Crippen molar-refractivity contribution in [2.45, 2.75) is 11.3 Å². The lowest BCUT2D eigenvalue weighted by Crippen LogP contribution is -2.34. The van der Waals surface area contributed by atoms with Crippen LogP contribution < -0.4 is 11.1 Å². The normalized spacial score (nSPS) is 18.7. The highest BCUT2D eigenvalue weighted by Crippen LogP contribution is 2.20. The zero-order valence-corrected chi connectivity index (χ0v) is 9.83. The predicted octanol–water partition coefficient (Wildman–Crippen LogP) is -1.50. The third kappa shape index (κ3) is 2.24. The number of rotatable bonds is 2. The van der Waals surface area contributed by atoms with Gasteiger partial charge in [-0.2, -0.15) is 9.40 Å². The third-order valence-electron chi connectivity index (χ3n) is 2.52. The average Bonchev–Trinajstić information content (AvgIpc) is 2.57. The van der Waals surface area contributed by atoms with Crippen LogP contribution in [0, 0.1) is 0 Å². The smallest absolute Gasteiger partial charge is 0.248 e. The molecule has 0 unspecified atom stereocenters. The number of nitrogen functional groups attached to an aromatic ring is 1. The van der Waals surface area contributed by atoms with Crippen molar-refractivity contribution in [3.8, 4) is 0 Å². The van der Waals surface area contributed by atoms with Crippen molar-refractivity contribution in [3.05, 3.63) is 6.20 Å². The van der Waals surface area contributed by atoms with Gasteiger partial charge in [0.2, 0.25) is 15.9 Å². The lowest BCUT2D eigenvalue weighted by atomic mass is 10.4. The maximum atomic E-state index is 12.2. The molecule has 2 rings (SSSR count). The van der Waals surface area contributed by atoms with E-state index in [1.165, 1.54) is 10.5 Å². The number of H-pyrrole nitrogens is 1. The summed E-state index contributed by atoms with van der Waals surface area (Å²) in [5.74, 6) is -0.142. The molecule has 0 bridgehead atoms. The van der Waals surface area contributed by atoms with Crippen LogP contribution in [0.3, 0.4) is 0 Å². The molecule has 94 valence electrons. The summed E-state index contributed by atoms with van der Waals surface area (Å²) in [5, 5.41) is 8.57. The highest BCUT2D eigenvalue weighted by Gasteiger charge is 2.29. The molecular weight excluding hydrogens is 246 g/mol. The maximum absolute atomic E-state index is 12.2. The molecule has 0 spiro atoms. The molecule has 2 heterocycles. The number of carbonyl (C=O) groups is 1. The highest BCUT2D eigenvalue weighted by atomic mass is 32.2. The summed E-state index contributed by atoms with van der Waals surface area (Å²) in [5.41, 5.74) is 5.49. The van der Waals surface area contributed by atoms with E-state index >= 15 is 0 Å². The number of carbonyl (C=O) groups excluding carboxylic acids is 1. The van der Waals surface area contributed by atoms with Gasteiger partial charge >= 0.3 is 0 Å². The van der Waals surface area contributed by atoms with Crippen molar-refractivity contribution < 1.29 is 13.2 Å². The number of amides is 1. The Morgan fingerprint density at radius 1 is 1.41 bits per heavy atom. The van der Waals surface area contributed by atoms with Crippen LogP contribution in [-0.4, -0.2) is 48.5 Å². The molecule has 0 aliphatic carbocycles. The van der Waals surface area contributed by atoms with Crippen LogP contribution in [0.5, 0.6) is 0 Å². The fraction of sp³-hybridized carbons (Fsp3) is 0.500. The highest BCUT2D eigenvalue weighted by molar-refractivity contribution is 7.89. The van der Waals surface area contributed by atoms with Gasteiger partial charge < -0.3 is 11.1 Å². The summed E-state index contributed by atoms with van der Waals surface area (Å²) in [6, 6.07) is 0. The van der Waals surface area contributed by atoms with Gasteiger partial charge in [-0.3, -0.25) is 9.89 Å². The number of nitrogens with zero attached hydrogens (tertiary/aromatic N) is 2. The summed E-state index contributed by atoms with van der Waals surface area (Å²) >= 11 is 0. The van der Waals surface area contributed by atoms with Gasteiger partial charge in [-0.25, -0.2) is 8.42 Å². The number of aromatic nitrogens is 2. The van der Waals surface area contributed by atoms with Crippen molar-refractivity contribution in [2.24, 2.45) is 0 Å². The second-order valence-corrected chi connectivity index (χ2v) is 5.56. The topological polar surface area (TPSA) is 121 Å². The first-order valence-corrected chi connectivity index (χ1v) is 6.51. The Labute approximate surface area is 98.2 Å². The number of hydrogen-bond donors (Lipinski definition) is 3. The molecule has 1 aromatic heterocycles. The molecule has 1 aromatic rings. The van der Waals surface area contributed by atoms with E-state index in [-0.39, 0.29) is 36.1 Å². The Hall–Kier alpha value is -1.61. The van der Waals surface area contributed by atoms with E-state index in [1.54, 1.807) is 0 Å². The Morgan fingerprint density at radius 3 is 2.82 bits per heavy atom. The van der Waals surface area contributed by atoms with E-state index in [0.717, 1.165) is 0 Å². The largest absolute Gasteiger partial charge is 0.383 e. The van der Waals surface area contributed by atoms with Crippen molar-refractivity contribution >= 4 is 21.7 Å². The Bertz CT molecular complexity index is 523. The molecule has 0 radical (unpaired) electrons. The first-order valence-electron chi connectivity index (χ1n) is 5.07. The monoisotopic (exact) mass is 259 g/mol. The molecule has 17 heavy (non-hydrogen) atoms. The summed E-state index contributed by atoms with van der Waals surface area (Å²) in [6.07, 6.45) is 1.32. The molecule has 1 fully saturated rings. The van der Waals surface area contributed by atoms with E-state index in [2.05, 4.69) is 15.5 Å². The molecule has 1 amide bonds. The molecule has 4 N–H and O–H groups in total. The van der Waals surface area contributed by atoms with Crippen LogP contribution >= 0.6 is 0 Å². The minimum atomic E-state index is -3.67. The zero-order valence-electron chi connectivity index (χ0n) is 9.01. The Balaban J connectivity index is 2.27. The van der Waals surface area contributed by atoms with Crippen molar-refractivity contribution in [1.29, 1.82) is 0 Å². The molecule has 0 saturated carbocycles. The van der Waals surface area contributed by atoms with Crippen molar-refractivity contribution in [1.82, 2.24) is 19.8 Å². The number of hydrogen-bond acceptors (Lipinski definition) is 5. The number of nitrogens with one attached hydrogen (secondary N) is 2. The van der Waals surface area contributed by atoms with Gasteiger partial charge in [-0.15, -0.1) is 0 Å². The quantitative estimate of drug-likeness (QED) is 0.597. The standard InChI is InChI=1S/C8H13N5O3S/c9-8-6(5-11-12-8)17(15,16)13-3-1-7(14)10-2-4-13/h5H,1-4H2,(H,10,14)(H3,9,11,12). The van der Waals surface area contributed by atoms with Crippen LogP contribution in [0.1, 0.15) is 6.42 Å². The third-order valence-corrected chi connectivity index (χ3v) is 4.45. The van der Waals surface area contributed by atoms with E-state index in [9.17, 15) is 13.2 Å². The molecule has 0 atom stereocenters. The molecular formula is C8H13N5O3S. The van der Waals surface area contributed by atoms with Crippen LogP contribution in [0.2, 0.25) is 0 Å². The molecule has 1 aliphatic heterocycles. The average molecular weight is 259 g/mol. The number of nitrogens with two attached hydrogens (primary N) is 1. The second kappa shape index (κ2) is 4.34. The molecule has 0 aromatic carbocycles. The van der Waals surface area contributed by atoms with Gasteiger partial charge in [-0.05, 0) is 0 Å². The summed E-state index contributed by atoms with van der Waals surface area (Å²) in [6.45, 7) is 0.688. The molecule has 8 nitrogen and oxygen atoms in total. The van der Waals surface area contributed by atoms with E-state index in [1.807, 2.05) is 0 Å². The van der Waals surface area contributed by atoms with Gasteiger partial charge in [-0.1, -0.05) is 0 Å². The lowest BCUT2D eigenvalue weighted by molar-refractivity contribution is -0.120. The summed E-state index contributed by atoms with van der Waals surface area (Å²) in [7, 11) is -3.67. The number of anilines is 1. The minimum absolute atomic E-state index is 0.00790. The fourth-order valence-electron chi connectivity index (χ4n) is 1.62. The van der Waals surface area contributed by atoms with Gasteiger partial charge in [0.15, 0.2) is 0 Å². The van der Waals surface area contributed by atoms with Crippen LogP contribution in [-0.2, 0) is 14.8 Å². The number of aromatic amines is 1. The van der Waals surface area contributed by atoms with Gasteiger partial charge in [0, 0.05) is 26.1 Å². The van der Waals surface area contributed by atoms with Gasteiger partial charge in [0.1, 0.15) is 10.7 Å². The van der Waals surface area contributed by atoms with Crippen LogP contribution in [0.15, 0.2) is 11.1 Å². The van der Waals surface area contributed by atoms with Crippen molar-refractivity contribution in [3.63, 3.8) is 0 Å². The SMILES string of the molecule is Nc1[nH]ncc1S(=O)(=O)N1CCNC(=O)CC1. The van der Waals surface area contributed by atoms with Crippen LogP contribution in [0.4, 0.5) is 5.82 Å². The second-order valence-electron chi connectivity index (χ2n) is 3.65. The molecule has 9 heteroatoms. The predicted molar refractivity (Wildman–Crippen MR) is 59.4 cm³/mol. The van der Waals surface area contributed by atoms with E-state index in [4.69, 9.17) is 5.73 Å². The fourth-order valence-corrected chi connectivity index (χ4v) is 3.07. The van der Waals surface area contributed by atoms with Gasteiger partial charge in [0.25, 0.3) is 0 Å². The van der Waals surface area contributed by atoms with Gasteiger partial charge in [0.05, 0.1) is 6.20 Å². The minimum Gasteiger partial charge on any atom is -0.383 e. The molecule has 1 aliphatic rings. The number of sulfonamides is 1. The molecule has 1 saturated heterocycles. The first kappa shape index (κ1) is 11.9. The zero-order chi connectivity index (χ0) is 12.5. The van der Waals surface area contributed by atoms with Crippen molar-refractivity contribution in [2.75, 3.05) is 25.4 Å². The lowest BCUT2D eigenvalue weighted by Gasteiger charge is -2.18. The van der Waals surface area contributed by atoms with E-state index in [0.29, 0.717) is 6.54 Å². The first-order chi connectivity index (χ1) is 8.01. The van der Waals surface area contributed by atoms with E-state index < -0.39 is 10.0 Å². The summed E-state index contributed by atoms with van der Waals surface area (Å²) in [4.78, 5) is 11.1. The Morgan fingerprint density at radius 2 is 2.18 bits per heavy atom. The van der Waals surface area contributed by atoms with Crippen LogP contribution in [0.25, 0.3) is 0 Å². The maximum Gasteiger partial charge on any atom is 0.248 e.